The van der Waals surface area contributed by atoms with Gasteiger partial charge in [-0.1, -0.05) is 0 Å². The van der Waals surface area contributed by atoms with Crippen LogP contribution in [0.2, 0.25) is 0 Å². The number of amides is 1. The molecule has 1 atom stereocenters. The van der Waals surface area contributed by atoms with E-state index in [0.717, 1.165) is 64.2 Å². The summed E-state index contributed by atoms with van der Waals surface area (Å²) in [4.78, 5) is 33.8. The van der Waals surface area contributed by atoms with Gasteiger partial charge in [-0.25, -0.2) is 0 Å². The van der Waals surface area contributed by atoms with Crippen LogP contribution in [0, 0.1) is 5.41 Å². The Labute approximate surface area is 148 Å². The van der Waals surface area contributed by atoms with Crippen LogP contribution in [-0.2, 0) is 13.0 Å². The van der Waals surface area contributed by atoms with Crippen molar-refractivity contribution in [3.8, 4) is 0 Å². The van der Waals surface area contributed by atoms with Crippen LogP contribution < -0.4 is 5.56 Å². The van der Waals surface area contributed by atoms with Crippen molar-refractivity contribution in [3.05, 3.63) is 27.9 Å². The van der Waals surface area contributed by atoms with Crippen LogP contribution in [0.5, 0.6) is 0 Å². The van der Waals surface area contributed by atoms with Gasteiger partial charge in [0.25, 0.3) is 11.5 Å². The van der Waals surface area contributed by atoms with Crippen molar-refractivity contribution in [2.24, 2.45) is 5.41 Å². The zero-order chi connectivity index (χ0) is 17.6. The Morgan fingerprint density at radius 1 is 1.16 bits per heavy atom. The molecule has 0 bridgehead atoms. The fourth-order valence-corrected chi connectivity index (χ4v) is 4.66. The molecule has 3 aliphatic heterocycles. The number of carbonyl (C=O) groups excluding carboxylic acids is 1. The minimum Gasteiger partial charge on any atom is -0.338 e. The molecule has 1 aromatic rings. The van der Waals surface area contributed by atoms with Crippen LogP contribution in [0.1, 0.15) is 55.7 Å². The molecule has 4 heterocycles. The molecule has 0 aliphatic carbocycles. The van der Waals surface area contributed by atoms with Crippen LogP contribution in [0.3, 0.4) is 0 Å². The van der Waals surface area contributed by atoms with E-state index in [4.69, 9.17) is 0 Å². The minimum atomic E-state index is -0.349. The zero-order valence-electron chi connectivity index (χ0n) is 15.3. The summed E-state index contributed by atoms with van der Waals surface area (Å²) in [5.74, 6) is 0.717. The second-order valence-corrected chi connectivity index (χ2v) is 8.35. The lowest BCUT2D eigenvalue weighted by Crippen LogP contribution is -2.39. The average Bonchev–Trinajstić information content (AvgIpc) is 3.17. The molecule has 0 N–H and O–H groups in total. The van der Waals surface area contributed by atoms with E-state index in [1.54, 1.807) is 6.20 Å². The fraction of sp³-hybridized carbons (Fsp3) is 0.737. The van der Waals surface area contributed by atoms with Crippen LogP contribution >= 0.6 is 0 Å². The van der Waals surface area contributed by atoms with Gasteiger partial charge in [0.1, 0.15) is 11.4 Å². The van der Waals surface area contributed by atoms with E-state index in [1.807, 2.05) is 4.90 Å². The van der Waals surface area contributed by atoms with Crippen LogP contribution in [0.25, 0.3) is 0 Å². The molecular formula is C19H28N4O2. The number of aromatic nitrogens is 2. The van der Waals surface area contributed by atoms with Gasteiger partial charge in [0, 0.05) is 50.3 Å². The first-order valence-electron chi connectivity index (χ1n) is 9.61. The quantitative estimate of drug-likeness (QED) is 0.816. The molecule has 25 heavy (non-hydrogen) atoms. The Bertz CT molecular complexity index is 735. The van der Waals surface area contributed by atoms with Crippen LogP contribution in [0.15, 0.2) is 11.0 Å². The van der Waals surface area contributed by atoms with Gasteiger partial charge in [0.2, 0.25) is 0 Å². The fourth-order valence-electron chi connectivity index (χ4n) is 4.66. The van der Waals surface area contributed by atoms with Gasteiger partial charge < -0.3 is 14.4 Å². The third kappa shape index (κ3) is 3.01. The molecule has 2 saturated heterocycles. The number of fused-ring (bicyclic) bond motifs is 1. The number of likely N-dealkylation sites (tertiary alicyclic amines) is 2. The van der Waals surface area contributed by atoms with Gasteiger partial charge in [0.15, 0.2) is 0 Å². The first-order chi connectivity index (χ1) is 12.0. The number of piperidine rings is 1. The molecule has 136 valence electrons. The summed E-state index contributed by atoms with van der Waals surface area (Å²) in [6.07, 6.45) is 7.00. The maximum absolute atomic E-state index is 12.7. The Morgan fingerprint density at radius 2 is 1.92 bits per heavy atom. The third-order valence-electron chi connectivity index (χ3n) is 6.19. The molecule has 0 radical (unpaired) electrons. The monoisotopic (exact) mass is 344 g/mol. The van der Waals surface area contributed by atoms with Crippen molar-refractivity contribution in [1.82, 2.24) is 19.4 Å². The number of hydrogen-bond donors (Lipinski definition) is 0. The summed E-state index contributed by atoms with van der Waals surface area (Å²) >= 11 is 0. The lowest BCUT2D eigenvalue weighted by atomic mass is 9.86. The summed E-state index contributed by atoms with van der Waals surface area (Å²) in [5.41, 5.74) is 0.0859. The van der Waals surface area contributed by atoms with Crippen molar-refractivity contribution in [3.63, 3.8) is 0 Å². The van der Waals surface area contributed by atoms with Gasteiger partial charge in [-0.15, -0.1) is 0 Å². The van der Waals surface area contributed by atoms with Crippen molar-refractivity contribution in [2.75, 3.05) is 26.2 Å². The second kappa shape index (κ2) is 6.24. The van der Waals surface area contributed by atoms with E-state index in [0.29, 0.717) is 6.04 Å². The molecule has 6 heteroatoms. The van der Waals surface area contributed by atoms with Crippen molar-refractivity contribution in [2.45, 2.75) is 58.5 Å². The van der Waals surface area contributed by atoms with Crippen molar-refractivity contribution in [1.29, 1.82) is 0 Å². The predicted molar refractivity (Wildman–Crippen MR) is 95.7 cm³/mol. The Hall–Kier alpha value is -1.69. The molecular weight excluding hydrogens is 316 g/mol. The van der Waals surface area contributed by atoms with E-state index in [9.17, 15) is 9.59 Å². The largest absolute Gasteiger partial charge is 0.338 e. The summed E-state index contributed by atoms with van der Waals surface area (Å²) < 4.78 is 2.07. The SMILES string of the molecule is CC(C)N1CCC2(Cc3nc(=O)c(C(=O)N4CCCCC4)cn3C2)C1. The molecule has 1 unspecified atom stereocenters. The number of carbonyl (C=O) groups is 1. The van der Waals surface area contributed by atoms with Gasteiger partial charge >= 0.3 is 0 Å². The van der Waals surface area contributed by atoms with Crippen LogP contribution in [-0.4, -0.2) is 57.5 Å². The van der Waals surface area contributed by atoms with E-state index in [-0.39, 0.29) is 22.4 Å². The van der Waals surface area contributed by atoms with E-state index >= 15 is 0 Å². The molecule has 6 nitrogen and oxygen atoms in total. The lowest BCUT2D eigenvalue weighted by molar-refractivity contribution is 0.0721. The first kappa shape index (κ1) is 16.8. The molecule has 2 fully saturated rings. The summed E-state index contributed by atoms with van der Waals surface area (Å²) in [6.45, 7) is 9.02. The number of nitrogens with zero attached hydrogens (tertiary/aromatic N) is 4. The molecule has 0 saturated carbocycles. The maximum Gasteiger partial charge on any atom is 0.285 e. The summed E-state index contributed by atoms with van der Waals surface area (Å²) in [5, 5.41) is 0. The predicted octanol–water partition coefficient (Wildman–Crippen LogP) is 1.53. The number of rotatable bonds is 2. The van der Waals surface area contributed by atoms with Gasteiger partial charge in [-0.05, 0) is 46.1 Å². The standard InChI is InChI=1S/C19H28N4O2/c1-14(2)22-9-6-19(12-22)10-16-20-17(24)15(11-23(16)13-19)18(25)21-7-4-3-5-8-21/h11,14H,3-10,12-13H2,1-2H3. The van der Waals surface area contributed by atoms with Crippen LogP contribution in [0.4, 0.5) is 0 Å². The van der Waals surface area contributed by atoms with E-state index < -0.39 is 0 Å². The third-order valence-corrected chi connectivity index (χ3v) is 6.19. The number of hydrogen-bond acceptors (Lipinski definition) is 4. The Kier molecular flexibility index (Phi) is 4.18. The van der Waals surface area contributed by atoms with Gasteiger partial charge in [-0.2, -0.15) is 4.98 Å². The minimum absolute atomic E-state index is 0.135. The average molecular weight is 344 g/mol. The highest BCUT2D eigenvalue weighted by molar-refractivity contribution is 5.93. The maximum atomic E-state index is 12.7. The Morgan fingerprint density at radius 3 is 2.60 bits per heavy atom. The summed E-state index contributed by atoms with van der Waals surface area (Å²) in [6, 6.07) is 0.548. The van der Waals surface area contributed by atoms with Crippen molar-refractivity contribution >= 4 is 5.91 Å². The second-order valence-electron chi connectivity index (χ2n) is 8.35. The topological polar surface area (TPSA) is 58.4 Å². The molecule has 1 amide bonds. The van der Waals surface area contributed by atoms with E-state index in [1.165, 1.54) is 6.42 Å². The highest BCUT2D eigenvalue weighted by atomic mass is 16.2. The lowest BCUT2D eigenvalue weighted by Gasteiger charge is -2.26. The highest BCUT2D eigenvalue weighted by Gasteiger charge is 2.44. The summed E-state index contributed by atoms with van der Waals surface area (Å²) in [7, 11) is 0. The molecule has 1 aromatic heterocycles. The molecule has 0 aromatic carbocycles. The Balaban J connectivity index is 1.57. The van der Waals surface area contributed by atoms with Gasteiger partial charge in [-0.3, -0.25) is 9.59 Å². The zero-order valence-corrected chi connectivity index (χ0v) is 15.3. The van der Waals surface area contributed by atoms with E-state index in [2.05, 4.69) is 28.3 Å². The van der Waals surface area contributed by atoms with Crippen molar-refractivity contribution < 1.29 is 4.79 Å². The molecule has 4 rings (SSSR count). The normalized spacial score (nSPS) is 26.6. The van der Waals surface area contributed by atoms with Gasteiger partial charge in [0.05, 0.1) is 0 Å². The first-order valence-corrected chi connectivity index (χ1v) is 9.61. The molecule has 3 aliphatic rings. The molecule has 1 spiro atoms. The smallest absolute Gasteiger partial charge is 0.285 e. The highest BCUT2D eigenvalue weighted by Crippen LogP contribution is 2.40.